The number of ether oxygens (including phenoxy) is 3. The molecule has 0 aliphatic heterocycles. The molecule has 356 valence electrons. The van der Waals surface area contributed by atoms with Crippen LogP contribution in [0.1, 0.15) is 233 Å². The predicted octanol–water partition coefficient (Wildman–Crippen LogP) is 12.4. The maximum atomic E-state index is 12.9. The standard InChI is InChI=1S/C51H95N3O7/c1-6-10-13-16-20-25-33-44(9-4)60-47(56)37-30-42-59-43-32-41-54(40-31-38-53-49-48(52-5)50(57)51(49)58)39-29-24-19-23-28-36-46(55)61-45(34-26-21-17-14-11-7-2)35-27-22-18-15-12-8-3/h44-45,52-53H,6-43H2,1-5H3. The van der Waals surface area contributed by atoms with Crippen LogP contribution >= 0.6 is 0 Å². The fraction of sp³-hybridized carbons (Fsp3) is 0.882. The molecule has 0 heterocycles. The van der Waals surface area contributed by atoms with E-state index in [0.717, 1.165) is 110 Å². The Morgan fingerprint density at radius 1 is 0.492 bits per heavy atom. The van der Waals surface area contributed by atoms with E-state index in [4.69, 9.17) is 14.2 Å². The van der Waals surface area contributed by atoms with E-state index in [-0.39, 0.29) is 24.1 Å². The van der Waals surface area contributed by atoms with Crippen LogP contribution in [0.15, 0.2) is 9.59 Å². The van der Waals surface area contributed by atoms with E-state index in [0.29, 0.717) is 50.4 Å². The van der Waals surface area contributed by atoms with E-state index < -0.39 is 10.9 Å². The third-order valence-electron chi connectivity index (χ3n) is 12.1. The molecule has 1 unspecified atom stereocenters. The van der Waals surface area contributed by atoms with Gasteiger partial charge in [-0.05, 0) is 90.1 Å². The van der Waals surface area contributed by atoms with Gasteiger partial charge in [-0.2, -0.15) is 0 Å². The highest BCUT2D eigenvalue weighted by molar-refractivity contribution is 5.73. The van der Waals surface area contributed by atoms with Crippen molar-refractivity contribution in [1.29, 1.82) is 0 Å². The SMILES string of the molecule is CCCCCCCCC(CC)OC(=O)CCCOCCCN(CCCCCCCC(=O)OC(CCCCCCCC)CCCCCCCC)CCCNc1c(NC)c(=O)c1=O. The number of carbonyl (C=O) groups excluding carboxylic acids is 2. The molecule has 1 atom stereocenters. The zero-order valence-corrected chi connectivity index (χ0v) is 40.3. The minimum atomic E-state index is -0.453. The summed E-state index contributed by atoms with van der Waals surface area (Å²) in [7, 11) is 1.66. The molecule has 2 N–H and O–H groups in total. The molecule has 0 fully saturated rings. The quantitative estimate of drug-likeness (QED) is 0.0372. The number of esters is 2. The van der Waals surface area contributed by atoms with Crippen LogP contribution in [0.5, 0.6) is 0 Å². The van der Waals surface area contributed by atoms with E-state index in [1.807, 2.05) is 0 Å². The summed E-state index contributed by atoms with van der Waals surface area (Å²) in [6.45, 7) is 13.4. The van der Waals surface area contributed by atoms with Crippen molar-refractivity contribution in [1.82, 2.24) is 4.90 Å². The Hall–Kier alpha value is -2.46. The van der Waals surface area contributed by atoms with Crippen LogP contribution in [0.4, 0.5) is 11.4 Å². The second kappa shape index (κ2) is 40.3. The zero-order valence-electron chi connectivity index (χ0n) is 40.3. The Kier molecular flexibility index (Phi) is 37.4. The van der Waals surface area contributed by atoms with E-state index in [1.54, 1.807) is 7.05 Å². The number of anilines is 2. The molecule has 1 aromatic rings. The van der Waals surface area contributed by atoms with Gasteiger partial charge < -0.3 is 29.7 Å². The van der Waals surface area contributed by atoms with Gasteiger partial charge in [0.25, 0.3) is 10.9 Å². The van der Waals surface area contributed by atoms with Gasteiger partial charge in [0.15, 0.2) is 0 Å². The zero-order chi connectivity index (χ0) is 44.6. The van der Waals surface area contributed by atoms with Crippen LogP contribution in [0, 0.1) is 0 Å². The van der Waals surface area contributed by atoms with Crippen LogP contribution < -0.4 is 21.5 Å². The van der Waals surface area contributed by atoms with Crippen LogP contribution in [0.3, 0.4) is 0 Å². The molecule has 10 nitrogen and oxygen atoms in total. The topological polar surface area (TPSA) is 123 Å². The molecule has 0 aliphatic carbocycles. The molecule has 0 radical (unpaired) electrons. The summed E-state index contributed by atoms with van der Waals surface area (Å²) in [6.07, 6.45) is 35.1. The maximum absolute atomic E-state index is 12.9. The first-order chi connectivity index (χ1) is 29.8. The lowest BCUT2D eigenvalue weighted by atomic mass is 10.0. The highest BCUT2D eigenvalue weighted by Crippen LogP contribution is 2.19. The summed E-state index contributed by atoms with van der Waals surface area (Å²) in [5, 5.41) is 5.98. The number of nitrogens with zero attached hydrogens (tertiary/aromatic N) is 1. The highest BCUT2D eigenvalue weighted by atomic mass is 16.5. The van der Waals surface area contributed by atoms with Crippen molar-refractivity contribution in [2.24, 2.45) is 0 Å². The summed E-state index contributed by atoms with van der Waals surface area (Å²) in [6, 6.07) is 0. The van der Waals surface area contributed by atoms with Gasteiger partial charge in [0.1, 0.15) is 23.6 Å². The lowest BCUT2D eigenvalue weighted by molar-refractivity contribution is -0.151. The molecule has 0 saturated heterocycles. The van der Waals surface area contributed by atoms with Gasteiger partial charge in [-0.3, -0.25) is 19.2 Å². The third-order valence-corrected chi connectivity index (χ3v) is 12.1. The molecule has 10 heteroatoms. The maximum Gasteiger partial charge on any atom is 0.306 e. The first kappa shape index (κ1) is 56.6. The number of unbranched alkanes of at least 4 members (excludes halogenated alkanes) is 19. The molecule has 1 rings (SSSR count). The number of nitrogens with one attached hydrogen (secondary N) is 2. The Morgan fingerprint density at radius 2 is 0.918 bits per heavy atom. The number of rotatable bonds is 46. The lowest BCUT2D eigenvalue weighted by Crippen LogP contribution is -2.37. The van der Waals surface area contributed by atoms with Crippen molar-refractivity contribution < 1.29 is 23.8 Å². The fourth-order valence-electron chi connectivity index (χ4n) is 8.15. The van der Waals surface area contributed by atoms with E-state index in [9.17, 15) is 19.2 Å². The van der Waals surface area contributed by atoms with Crippen LogP contribution in [-0.2, 0) is 23.8 Å². The second-order valence-electron chi connectivity index (χ2n) is 17.7. The second-order valence-corrected chi connectivity index (χ2v) is 17.7. The molecule has 0 saturated carbocycles. The van der Waals surface area contributed by atoms with Gasteiger partial charge in [-0.25, -0.2) is 0 Å². The molecule has 0 amide bonds. The van der Waals surface area contributed by atoms with Crippen molar-refractivity contribution in [2.75, 3.05) is 57.1 Å². The fourth-order valence-corrected chi connectivity index (χ4v) is 8.15. The molecular formula is C51H95N3O7. The Balaban J connectivity index is 2.41. The van der Waals surface area contributed by atoms with Gasteiger partial charge in [0.05, 0.1) is 0 Å². The molecular weight excluding hydrogens is 767 g/mol. The van der Waals surface area contributed by atoms with Crippen molar-refractivity contribution >= 4 is 23.3 Å². The number of hydrogen-bond acceptors (Lipinski definition) is 10. The largest absolute Gasteiger partial charge is 0.462 e. The predicted molar refractivity (Wildman–Crippen MR) is 257 cm³/mol. The molecule has 0 aliphatic rings. The Morgan fingerprint density at radius 3 is 1.48 bits per heavy atom. The van der Waals surface area contributed by atoms with Gasteiger partial charge in [-0.1, -0.05) is 143 Å². The van der Waals surface area contributed by atoms with E-state index >= 15 is 0 Å². The van der Waals surface area contributed by atoms with Crippen molar-refractivity contribution in [3.8, 4) is 0 Å². The molecule has 1 aromatic carbocycles. The normalized spacial score (nSPS) is 12.1. The van der Waals surface area contributed by atoms with Gasteiger partial charge in [-0.15, -0.1) is 0 Å². The molecule has 0 spiro atoms. The third kappa shape index (κ3) is 30.3. The van der Waals surface area contributed by atoms with Crippen LogP contribution in [0.25, 0.3) is 0 Å². The van der Waals surface area contributed by atoms with E-state index in [1.165, 1.54) is 96.3 Å². The van der Waals surface area contributed by atoms with Crippen molar-refractivity contribution in [2.45, 2.75) is 245 Å². The van der Waals surface area contributed by atoms with Crippen molar-refractivity contribution in [3.63, 3.8) is 0 Å². The lowest BCUT2D eigenvalue weighted by Gasteiger charge is -2.23. The monoisotopic (exact) mass is 862 g/mol. The summed E-state index contributed by atoms with van der Waals surface area (Å²) >= 11 is 0. The Labute approximate surface area is 373 Å². The van der Waals surface area contributed by atoms with Crippen molar-refractivity contribution in [3.05, 3.63) is 20.4 Å². The summed E-state index contributed by atoms with van der Waals surface area (Å²) in [5.74, 6) is -0.128. The molecule has 0 aromatic heterocycles. The van der Waals surface area contributed by atoms with Crippen LogP contribution in [0.2, 0.25) is 0 Å². The number of carbonyl (C=O) groups is 2. The minimum Gasteiger partial charge on any atom is -0.462 e. The smallest absolute Gasteiger partial charge is 0.306 e. The average molecular weight is 862 g/mol. The molecule has 61 heavy (non-hydrogen) atoms. The first-order valence-corrected chi connectivity index (χ1v) is 25.7. The summed E-state index contributed by atoms with van der Waals surface area (Å²) in [5.41, 5.74) is -0.126. The van der Waals surface area contributed by atoms with E-state index in [2.05, 4.69) is 43.2 Å². The van der Waals surface area contributed by atoms with Crippen LogP contribution in [-0.4, -0.2) is 75.5 Å². The highest BCUT2D eigenvalue weighted by Gasteiger charge is 2.19. The minimum absolute atomic E-state index is 0.0154. The summed E-state index contributed by atoms with van der Waals surface area (Å²) < 4.78 is 17.7. The number of hydrogen-bond donors (Lipinski definition) is 2. The summed E-state index contributed by atoms with van der Waals surface area (Å²) in [4.78, 5) is 51.5. The Bertz CT molecular complexity index is 1230. The van der Waals surface area contributed by atoms with Gasteiger partial charge in [0.2, 0.25) is 0 Å². The molecule has 0 bridgehead atoms. The average Bonchev–Trinajstić information content (AvgIpc) is 3.26. The van der Waals surface area contributed by atoms with Gasteiger partial charge >= 0.3 is 11.9 Å². The van der Waals surface area contributed by atoms with Gasteiger partial charge in [0, 0.05) is 46.2 Å². The first-order valence-electron chi connectivity index (χ1n) is 25.7.